The fraction of sp³-hybridized carbons (Fsp3) is 1.00. The lowest BCUT2D eigenvalue weighted by Gasteiger charge is -2.23. The summed E-state index contributed by atoms with van der Waals surface area (Å²) < 4.78 is 10.4. The van der Waals surface area contributed by atoms with Crippen LogP contribution in [0.1, 0.15) is 0 Å². The maximum Gasteiger partial charge on any atom is 0.101 e. The highest BCUT2D eigenvalue weighted by Crippen LogP contribution is 1.75. The Hall–Kier alpha value is -0.160. The first kappa shape index (κ1) is 9.92. The lowest BCUT2D eigenvalue weighted by molar-refractivity contribution is -0.908. The van der Waals surface area contributed by atoms with Gasteiger partial charge in [0.15, 0.2) is 0 Å². The highest BCUT2D eigenvalue weighted by atomic mass is 16.5. The highest BCUT2D eigenvalue weighted by molar-refractivity contribution is 4.39. The molecule has 0 aromatic carbocycles. The van der Waals surface area contributed by atoms with Crippen LogP contribution in [0.25, 0.3) is 0 Å². The molecule has 0 amide bonds. The van der Waals surface area contributed by atoms with Gasteiger partial charge in [0, 0.05) is 0 Å². The molecule has 0 unspecified atom stereocenters. The van der Waals surface area contributed by atoms with Gasteiger partial charge in [-0.3, -0.25) is 0 Å². The van der Waals surface area contributed by atoms with E-state index in [1.165, 1.54) is 0 Å². The summed E-state index contributed by atoms with van der Waals surface area (Å²) >= 11 is 0. The van der Waals surface area contributed by atoms with Gasteiger partial charge in [-0.2, -0.15) is 0 Å². The molecule has 12 heavy (non-hydrogen) atoms. The van der Waals surface area contributed by atoms with Gasteiger partial charge in [0.2, 0.25) is 0 Å². The minimum atomic E-state index is 0.123. The van der Waals surface area contributed by atoms with E-state index in [9.17, 15) is 0 Å². The van der Waals surface area contributed by atoms with Crippen LogP contribution in [0, 0.1) is 0 Å². The fourth-order valence-corrected chi connectivity index (χ4v) is 1.29. The predicted molar refractivity (Wildman–Crippen MR) is 44.3 cm³/mol. The summed E-state index contributed by atoms with van der Waals surface area (Å²) in [6, 6.07) is 0. The molecule has 0 atom stereocenters. The second-order valence-electron chi connectivity index (χ2n) is 2.95. The average molecular weight is 176 g/mol. The molecule has 4 nitrogen and oxygen atoms in total. The van der Waals surface area contributed by atoms with Crippen LogP contribution in [0.4, 0.5) is 0 Å². The minimum absolute atomic E-state index is 0.123. The SMILES string of the molecule is OCCOCC[NH+]1CCOCC1. The molecule has 1 aliphatic rings. The van der Waals surface area contributed by atoms with Gasteiger partial charge in [-0.25, -0.2) is 0 Å². The molecule has 0 saturated carbocycles. The van der Waals surface area contributed by atoms with Crippen molar-refractivity contribution in [2.45, 2.75) is 0 Å². The Balaban J connectivity index is 1.91. The maximum absolute atomic E-state index is 8.45. The van der Waals surface area contributed by atoms with Crippen molar-refractivity contribution >= 4 is 0 Å². The number of ether oxygens (including phenoxy) is 2. The van der Waals surface area contributed by atoms with Crippen LogP contribution in [-0.4, -0.2) is 57.8 Å². The summed E-state index contributed by atoms with van der Waals surface area (Å²) in [5.41, 5.74) is 0. The quantitative estimate of drug-likeness (QED) is 0.472. The van der Waals surface area contributed by atoms with Crippen LogP contribution >= 0.6 is 0 Å². The molecule has 2 N–H and O–H groups in total. The number of rotatable bonds is 5. The van der Waals surface area contributed by atoms with Crippen molar-refractivity contribution in [1.29, 1.82) is 0 Å². The summed E-state index contributed by atoms with van der Waals surface area (Å²) in [7, 11) is 0. The van der Waals surface area contributed by atoms with E-state index in [2.05, 4.69) is 0 Å². The molecule has 1 fully saturated rings. The van der Waals surface area contributed by atoms with Crippen molar-refractivity contribution < 1.29 is 19.5 Å². The number of hydrogen-bond donors (Lipinski definition) is 2. The van der Waals surface area contributed by atoms with E-state index >= 15 is 0 Å². The molecule has 0 radical (unpaired) electrons. The largest absolute Gasteiger partial charge is 0.394 e. The topological polar surface area (TPSA) is 43.1 Å². The van der Waals surface area contributed by atoms with Gasteiger partial charge in [-0.05, 0) is 0 Å². The highest BCUT2D eigenvalue weighted by Gasteiger charge is 2.12. The summed E-state index contributed by atoms with van der Waals surface area (Å²) in [6.07, 6.45) is 0. The number of morpholine rings is 1. The second-order valence-corrected chi connectivity index (χ2v) is 2.95. The van der Waals surface area contributed by atoms with E-state index in [1.54, 1.807) is 4.90 Å². The smallest absolute Gasteiger partial charge is 0.101 e. The zero-order chi connectivity index (χ0) is 8.65. The Bertz CT molecular complexity index is 104. The third-order valence-electron chi connectivity index (χ3n) is 2.04. The Morgan fingerprint density at radius 1 is 1.25 bits per heavy atom. The van der Waals surface area contributed by atoms with Gasteiger partial charge in [0.1, 0.15) is 19.6 Å². The molecular formula is C8H18NO3+. The van der Waals surface area contributed by atoms with E-state index in [4.69, 9.17) is 14.6 Å². The Morgan fingerprint density at radius 3 is 2.67 bits per heavy atom. The van der Waals surface area contributed by atoms with Gasteiger partial charge in [0.05, 0.1) is 33.0 Å². The summed E-state index contributed by atoms with van der Waals surface area (Å²) in [4.78, 5) is 1.54. The van der Waals surface area contributed by atoms with Crippen LogP contribution in [0.3, 0.4) is 0 Å². The van der Waals surface area contributed by atoms with E-state index in [0.717, 1.165) is 39.5 Å². The Morgan fingerprint density at radius 2 is 2.00 bits per heavy atom. The van der Waals surface area contributed by atoms with E-state index < -0.39 is 0 Å². The van der Waals surface area contributed by atoms with Gasteiger partial charge < -0.3 is 19.5 Å². The Labute approximate surface area is 73.1 Å². The van der Waals surface area contributed by atoms with E-state index in [1.807, 2.05) is 0 Å². The van der Waals surface area contributed by atoms with Crippen molar-refractivity contribution in [2.75, 3.05) is 52.7 Å². The van der Waals surface area contributed by atoms with E-state index in [0.29, 0.717) is 6.61 Å². The monoisotopic (exact) mass is 176 g/mol. The van der Waals surface area contributed by atoms with Crippen LogP contribution in [0.5, 0.6) is 0 Å². The average Bonchev–Trinajstić information content (AvgIpc) is 2.14. The molecule has 0 aromatic rings. The van der Waals surface area contributed by atoms with E-state index in [-0.39, 0.29) is 6.61 Å². The zero-order valence-corrected chi connectivity index (χ0v) is 7.42. The molecule has 72 valence electrons. The first-order chi connectivity index (χ1) is 5.93. The van der Waals surface area contributed by atoms with Crippen LogP contribution in [-0.2, 0) is 9.47 Å². The first-order valence-electron chi connectivity index (χ1n) is 4.53. The van der Waals surface area contributed by atoms with Gasteiger partial charge in [0.25, 0.3) is 0 Å². The molecule has 1 aliphatic heterocycles. The molecule has 0 spiro atoms. The lowest BCUT2D eigenvalue weighted by Crippen LogP contribution is -3.14. The number of aliphatic hydroxyl groups excluding tert-OH is 1. The zero-order valence-electron chi connectivity index (χ0n) is 7.42. The summed E-state index contributed by atoms with van der Waals surface area (Å²) in [6.45, 7) is 6.27. The molecule has 0 aliphatic carbocycles. The van der Waals surface area contributed by atoms with Gasteiger partial charge in [-0.1, -0.05) is 0 Å². The van der Waals surface area contributed by atoms with Crippen molar-refractivity contribution in [3.8, 4) is 0 Å². The van der Waals surface area contributed by atoms with Crippen LogP contribution in [0.15, 0.2) is 0 Å². The number of quaternary nitrogens is 1. The number of nitrogens with one attached hydrogen (secondary N) is 1. The normalized spacial score (nSPS) is 19.8. The van der Waals surface area contributed by atoms with Crippen LogP contribution < -0.4 is 4.90 Å². The molecule has 1 saturated heterocycles. The van der Waals surface area contributed by atoms with Gasteiger partial charge >= 0.3 is 0 Å². The van der Waals surface area contributed by atoms with Crippen LogP contribution in [0.2, 0.25) is 0 Å². The fourth-order valence-electron chi connectivity index (χ4n) is 1.29. The second kappa shape index (κ2) is 6.37. The van der Waals surface area contributed by atoms with Gasteiger partial charge in [-0.15, -0.1) is 0 Å². The predicted octanol–water partition coefficient (Wildman–Crippen LogP) is -2.09. The molecule has 0 bridgehead atoms. The standard InChI is InChI=1S/C8H17NO3/c10-4-8-12-7-3-9-1-5-11-6-2-9/h10H,1-8H2/p+1. The molecular weight excluding hydrogens is 158 g/mol. The minimum Gasteiger partial charge on any atom is -0.394 e. The summed E-state index contributed by atoms with van der Waals surface area (Å²) in [5.74, 6) is 0. The first-order valence-corrected chi connectivity index (χ1v) is 4.53. The maximum atomic E-state index is 8.45. The summed E-state index contributed by atoms with van der Waals surface area (Å²) in [5, 5.41) is 8.45. The van der Waals surface area contributed by atoms with Crippen molar-refractivity contribution in [3.63, 3.8) is 0 Å². The molecule has 1 rings (SSSR count). The molecule has 4 heteroatoms. The lowest BCUT2D eigenvalue weighted by atomic mass is 10.4. The van der Waals surface area contributed by atoms with Crippen molar-refractivity contribution in [2.24, 2.45) is 0 Å². The Kier molecular flexibility index (Phi) is 5.27. The van der Waals surface area contributed by atoms with Crippen molar-refractivity contribution in [1.82, 2.24) is 0 Å². The third-order valence-corrected chi connectivity index (χ3v) is 2.04. The number of hydrogen-bond acceptors (Lipinski definition) is 3. The molecule has 1 heterocycles. The molecule has 0 aromatic heterocycles. The third kappa shape index (κ3) is 4.01. The van der Waals surface area contributed by atoms with Crippen molar-refractivity contribution in [3.05, 3.63) is 0 Å². The number of aliphatic hydroxyl groups is 1.